The highest BCUT2D eigenvalue weighted by molar-refractivity contribution is 5.79. The summed E-state index contributed by atoms with van der Waals surface area (Å²) in [6, 6.07) is 14.1. The van der Waals surface area contributed by atoms with Gasteiger partial charge < -0.3 is 19.1 Å². The van der Waals surface area contributed by atoms with Gasteiger partial charge in [0.05, 0.1) is 38.1 Å². The summed E-state index contributed by atoms with van der Waals surface area (Å²) in [5.74, 6) is 2.18. The molecule has 36 heavy (non-hydrogen) atoms. The number of fused-ring (bicyclic) bond motifs is 4. The van der Waals surface area contributed by atoms with E-state index < -0.39 is 0 Å². The van der Waals surface area contributed by atoms with Crippen LogP contribution in [0.25, 0.3) is 10.9 Å². The van der Waals surface area contributed by atoms with E-state index in [0.29, 0.717) is 13.0 Å². The van der Waals surface area contributed by atoms with E-state index in [2.05, 4.69) is 37.1 Å². The van der Waals surface area contributed by atoms with Crippen LogP contribution in [0.1, 0.15) is 51.2 Å². The Balaban J connectivity index is 1.10. The van der Waals surface area contributed by atoms with Gasteiger partial charge in [-0.15, -0.1) is 0 Å². The van der Waals surface area contributed by atoms with Crippen LogP contribution in [-0.2, 0) is 16.1 Å². The highest BCUT2D eigenvalue weighted by Gasteiger charge is 2.53. The van der Waals surface area contributed by atoms with Crippen molar-refractivity contribution in [1.29, 1.82) is 0 Å². The van der Waals surface area contributed by atoms with Gasteiger partial charge in [-0.1, -0.05) is 18.2 Å². The Kier molecular flexibility index (Phi) is 5.71. The second-order valence-corrected chi connectivity index (χ2v) is 11.2. The number of aromatic nitrogens is 2. The fraction of sp³-hybridized carbons (Fsp3) is 0.517. The van der Waals surface area contributed by atoms with Gasteiger partial charge in [-0.3, -0.25) is 9.48 Å². The molecule has 2 aromatic carbocycles. The Morgan fingerprint density at radius 2 is 1.97 bits per heavy atom. The number of methoxy groups -OCH3 is 1. The lowest BCUT2D eigenvalue weighted by Gasteiger charge is -2.54. The fourth-order valence-electron chi connectivity index (χ4n) is 6.40. The van der Waals surface area contributed by atoms with Crippen LogP contribution < -0.4 is 9.47 Å². The van der Waals surface area contributed by atoms with E-state index >= 15 is 0 Å². The number of likely N-dealkylation sites (tertiary alicyclic amines) is 1. The molecule has 2 fully saturated rings. The number of rotatable bonds is 4. The van der Waals surface area contributed by atoms with Crippen molar-refractivity contribution >= 4 is 16.8 Å². The average Bonchev–Trinajstić information content (AvgIpc) is 3.31. The van der Waals surface area contributed by atoms with Gasteiger partial charge >= 0.3 is 0 Å². The molecule has 2 atom stereocenters. The van der Waals surface area contributed by atoms with Crippen LogP contribution in [0.4, 0.5) is 0 Å². The Morgan fingerprint density at radius 1 is 1.17 bits per heavy atom. The third-order valence-corrected chi connectivity index (χ3v) is 8.64. The van der Waals surface area contributed by atoms with E-state index in [1.807, 2.05) is 40.0 Å². The number of piperidine rings is 1. The maximum atomic E-state index is 13.1. The van der Waals surface area contributed by atoms with E-state index in [4.69, 9.17) is 14.2 Å². The molecule has 7 nitrogen and oxygen atoms in total. The maximum Gasteiger partial charge on any atom is 0.224 e. The molecular weight excluding hydrogens is 454 g/mol. The minimum Gasteiger partial charge on any atom is -0.497 e. The molecule has 190 valence electrons. The lowest BCUT2D eigenvalue weighted by Crippen LogP contribution is -2.54. The number of para-hydroxylation sites is 1. The standard InChI is InChI=1S/C29H35N3O4/c1-28(2)23-17-29(19-35-27(23)22-16-21(34-3)8-9-25(22)36-28)11-14-31(15-12-29)26(33)10-13-32-24-7-5-4-6-20(24)18-30-32/h4-9,16,18,23,27H,10-15,17,19H2,1-3H3/t23-,27+/m0/s1. The molecule has 7 heteroatoms. The fourth-order valence-corrected chi connectivity index (χ4v) is 6.40. The van der Waals surface area contributed by atoms with Crippen molar-refractivity contribution in [2.75, 3.05) is 26.8 Å². The Bertz CT molecular complexity index is 1270. The van der Waals surface area contributed by atoms with Gasteiger partial charge in [-0.2, -0.15) is 5.10 Å². The molecule has 6 rings (SSSR count). The van der Waals surface area contributed by atoms with Gasteiger partial charge in [0.25, 0.3) is 0 Å². The Morgan fingerprint density at radius 3 is 2.78 bits per heavy atom. The van der Waals surface area contributed by atoms with Crippen LogP contribution in [-0.4, -0.2) is 53.0 Å². The van der Waals surface area contributed by atoms with Gasteiger partial charge in [-0.25, -0.2) is 0 Å². The number of carbonyl (C=O) groups excluding carboxylic acids is 1. The minimum atomic E-state index is -0.320. The van der Waals surface area contributed by atoms with Crippen LogP contribution >= 0.6 is 0 Å². The molecule has 3 aliphatic rings. The van der Waals surface area contributed by atoms with Crippen molar-refractivity contribution in [3.8, 4) is 11.5 Å². The number of amides is 1. The van der Waals surface area contributed by atoms with Gasteiger partial charge in [0.15, 0.2) is 0 Å². The highest BCUT2D eigenvalue weighted by atomic mass is 16.5. The second kappa shape index (κ2) is 8.80. The van der Waals surface area contributed by atoms with Gasteiger partial charge in [0, 0.05) is 36.4 Å². The van der Waals surface area contributed by atoms with Gasteiger partial charge in [0.2, 0.25) is 5.91 Å². The molecule has 0 saturated carbocycles. The summed E-state index contributed by atoms with van der Waals surface area (Å²) in [4.78, 5) is 15.1. The van der Waals surface area contributed by atoms with Crippen molar-refractivity contribution < 1.29 is 19.0 Å². The summed E-state index contributed by atoms with van der Waals surface area (Å²) in [7, 11) is 1.69. The largest absolute Gasteiger partial charge is 0.497 e. The second-order valence-electron chi connectivity index (χ2n) is 11.2. The Hall–Kier alpha value is -3.06. The molecule has 1 aromatic heterocycles. The summed E-state index contributed by atoms with van der Waals surface area (Å²) in [5, 5.41) is 5.58. The molecule has 0 unspecified atom stereocenters. The summed E-state index contributed by atoms with van der Waals surface area (Å²) in [5.41, 5.74) is 1.94. The summed E-state index contributed by atoms with van der Waals surface area (Å²) < 4.78 is 20.5. The van der Waals surface area contributed by atoms with Crippen LogP contribution in [0.3, 0.4) is 0 Å². The number of hydrogen-bond acceptors (Lipinski definition) is 5. The monoisotopic (exact) mass is 489 g/mol. The first-order chi connectivity index (χ1) is 17.4. The zero-order chi connectivity index (χ0) is 24.9. The number of hydrogen-bond donors (Lipinski definition) is 0. The van der Waals surface area contributed by atoms with Gasteiger partial charge in [0.1, 0.15) is 17.1 Å². The van der Waals surface area contributed by atoms with Crippen molar-refractivity contribution in [3.05, 3.63) is 54.2 Å². The molecule has 3 aliphatic heterocycles. The third kappa shape index (κ3) is 4.03. The quantitative estimate of drug-likeness (QED) is 0.516. The van der Waals surface area contributed by atoms with Crippen molar-refractivity contribution in [2.45, 2.75) is 57.8 Å². The van der Waals surface area contributed by atoms with E-state index in [1.54, 1.807) is 7.11 Å². The zero-order valence-electron chi connectivity index (χ0n) is 21.4. The lowest BCUT2D eigenvalue weighted by molar-refractivity contribution is -0.176. The van der Waals surface area contributed by atoms with E-state index in [1.165, 1.54) is 0 Å². The first kappa shape index (κ1) is 23.3. The number of carbonyl (C=O) groups is 1. The Labute approximate surface area is 212 Å². The first-order valence-electron chi connectivity index (χ1n) is 13.0. The SMILES string of the molecule is COc1ccc2c(c1)[C@H]1OCC3(CCN(C(=O)CCn4ncc5ccccc54)CC3)C[C@@H]1C(C)(C)O2. The molecular formula is C29H35N3O4. The van der Waals surface area contributed by atoms with Crippen molar-refractivity contribution in [1.82, 2.24) is 14.7 Å². The number of ether oxygens (including phenoxy) is 3. The number of nitrogens with zero attached hydrogens (tertiary/aromatic N) is 3. The molecule has 1 spiro atoms. The van der Waals surface area contributed by atoms with Crippen LogP contribution in [0, 0.1) is 11.3 Å². The van der Waals surface area contributed by atoms with E-state index in [0.717, 1.165) is 66.9 Å². The zero-order valence-corrected chi connectivity index (χ0v) is 21.4. The topological polar surface area (TPSA) is 65.8 Å². The van der Waals surface area contributed by atoms with Crippen LogP contribution in [0.15, 0.2) is 48.7 Å². The molecule has 3 aromatic rings. The van der Waals surface area contributed by atoms with Gasteiger partial charge in [-0.05, 0) is 62.8 Å². The molecule has 0 bridgehead atoms. The molecule has 4 heterocycles. The van der Waals surface area contributed by atoms with E-state index in [9.17, 15) is 4.79 Å². The number of aryl methyl sites for hydroxylation is 1. The number of benzene rings is 2. The minimum absolute atomic E-state index is 0.00744. The van der Waals surface area contributed by atoms with E-state index in [-0.39, 0.29) is 28.9 Å². The average molecular weight is 490 g/mol. The predicted octanol–water partition coefficient (Wildman–Crippen LogP) is 4.99. The molecule has 0 radical (unpaired) electrons. The maximum absolute atomic E-state index is 13.1. The predicted molar refractivity (Wildman–Crippen MR) is 137 cm³/mol. The molecule has 1 amide bonds. The lowest BCUT2D eigenvalue weighted by atomic mass is 9.64. The normalized spacial score (nSPS) is 24.1. The summed E-state index contributed by atoms with van der Waals surface area (Å²) in [6.07, 6.45) is 5.32. The third-order valence-electron chi connectivity index (χ3n) is 8.64. The molecule has 0 N–H and O–H groups in total. The first-order valence-corrected chi connectivity index (χ1v) is 13.0. The van der Waals surface area contributed by atoms with Crippen LogP contribution in [0.5, 0.6) is 11.5 Å². The molecule has 0 aliphatic carbocycles. The summed E-state index contributed by atoms with van der Waals surface area (Å²) in [6.45, 7) is 7.25. The summed E-state index contributed by atoms with van der Waals surface area (Å²) >= 11 is 0. The van der Waals surface area contributed by atoms with Crippen molar-refractivity contribution in [3.63, 3.8) is 0 Å². The molecule has 2 saturated heterocycles. The smallest absolute Gasteiger partial charge is 0.224 e. The highest BCUT2D eigenvalue weighted by Crippen LogP contribution is 2.55. The van der Waals surface area contributed by atoms with Crippen LogP contribution in [0.2, 0.25) is 0 Å². The van der Waals surface area contributed by atoms with Crippen molar-refractivity contribution in [2.24, 2.45) is 11.3 Å².